The molecular formula is C34H36N4O4S. The molecule has 1 aliphatic heterocycles. The quantitative estimate of drug-likeness (QED) is 0.167. The number of nitrogens with zero attached hydrogens (tertiary/aromatic N) is 3. The predicted molar refractivity (Wildman–Crippen MR) is 170 cm³/mol. The number of benzene rings is 2. The Morgan fingerprint density at radius 2 is 1.91 bits per heavy atom. The van der Waals surface area contributed by atoms with Crippen LogP contribution < -0.4 is 9.46 Å². The van der Waals surface area contributed by atoms with Gasteiger partial charge in [0, 0.05) is 46.6 Å². The number of ether oxygens (including phenoxy) is 1. The van der Waals surface area contributed by atoms with E-state index in [0.29, 0.717) is 23.7 Å². The van der Waals surface area contributed by atoms with E-state index in [9.17, 15) is 9.59 Å². The first-order valence-electron chi connectivity index (χ1n) is 15.1. The highest BCUT2D eigenvalue weighted by Gasteiger charge is 2.35. The molecule has 8 nitrogen and oxygen atoms in total. The molecule has 4 aromatic rings. The Bertz CT molecular complexity index is 1760. The number of hydrogen-bond donors (Lipinski definition) is 1. The van der Waals surface area contributed by atoms with Gasteiger partial charge in [0.05, 0.1) is 18.4 Å². The van der Waals surface area contributed by atoms with Crippen LogP contribution in [0.2, 0.25) is 0 Å². The van der Waals surface area contributed by atoms with Crippen molar-refractivity contribution in [2.75, 3.05) is 21.2 Å². The number of carbonyl (C=O) groups is 2. The zero-order chi connectivity index (χ0) is 29.7. The van der Waals surface area contributed by atoms with Crippen molar-refractivity contribution in [1.82, 2.24) is 18.8 Å². The first-order valence-corrected chi connectivity index (χ1v) is 15.9. The molecule has 3 heterocycles. The third-order valence-corrected chi connectivity index (χ3v) is 9.64. The monoisotopic (exact) mass is 596 g/mol. The van der Waals surface area contributed by atoms with Crippen molar-refractivity contribution in [3.05, 3.63) is 70.1 Å². The molecule has 2 aromatic heterocycles. The van der Waals surface area contributed by atoms with Crippen LogP contribution in [-0.4, -0.2) is 47.4 Å². The van der Waals surface area contributed by atoms with Crippen LogP contribution in [0.25, 0.3) is 33.8 Å². The summed E-state index contributed by atoms with van der Waals surface area (Å²) in [7, 11) is 5.47. The lowest BCUT2D eigenvalue weighted by Crippen LogP contribution is -2.20. The number of hydrogen-bond acceptors (Lipinski definition) is 7. The van der Waals surface area contributed by atoms with Gasteiger partial charge in [-0.2, -0.15) is 0 Å². The van der Waals surface area contributed by atoms with Gasteiger partial charge in [-0.1, -0.05) is 30.5 Å². The highest BCUT2D eigenvalue weighted by Crippen LogP contribution is 2.50. The maximum Gasteiger partial charge on any atom is 0.262 e. The van der Waals surface area contributed by atoms with E-state index in [0.717, 1.165) is 71.3 Å². The molecule has 0 atom stereocenters. The molecule has 43 heavy (non-hydrogen) atoms. The van der Waals surface area contributed by atoms with Gasteiger partial charge in [-0.15, -0.1) is 0 Å². The van der Waals surface area contributed by atoms with E-state index in [4.69, 9.17) is 9.26 Å². The summed E-state index contributed by atoms with van der Waals surface area (Å²) in [5.74, 6) is 2.15. The molecule has 3 aliphatic rings. The maximum atomic E-state index is 13.2. The summed E-state index contributed by atoms with van der Waals surface area (Å²) in [6.45, 7) is 0.523. The van der Waals surface area contributed by atoms with Crippen molar-refractivity contribution in [1.29, 1.82) is 0 Å². The fraction of sp³-hybridized carbons (Fsp3) is 0.382. The molecule has 0 saturated heterocycles. The minimum Gasteiger partial charge on any atom is -0.497 e. The van der Waals surface area contributed by atoms with Gasteiger partial charge in [-0.05, 0) is 98.8 Å². The second kappa shape index (κ2) is 11.4. The van der Waals surface area contributed by atoms with Crippen molar-refractivity contribution >= 4 is 46.9 Å². The van der Waals surface area contributed by atoms with Gasteiger partial charge in [-0.25, -0.2) is 4.31 Å². The fourth-order valence-corrected chi connectivity index (χ4v) is 7.25. The van der Waals surface area contributed by atoms with Crippen LogP contribution >= 0.6 is 12.1 Å². The van der Waals surface area contributed by atoms with Crippen LogP contribution in [0.4, 0.5) is 0 Å². The second-order valence-corrected chi connectivity index (χ2v) is 13.2. The first kappa shape index (κ1) is 28.0. The van der Waals surface area contributed by atoms with Gasteiger partial charge in [0.25, 0.3) is 5.91 Å². The summed E-state index contributed by atoms with van der Waals surface area (Å²) < 4.78 is 18.6. The maximum absolute atomic E-state index is 13.2. The van der Waals surface area contributed by atoms with Crippen LogP contribution in [0.15, 0.2) is 40.9 Å². The summed E-state index contributed by atoms with van der Waals surface area (Å²) >= 11 is 1.26. The van der Waals surface area contributed by atoms with E-state index >= 15 is 0 Å². The summed E-state index contributed by atoms with van der Waals surface area (Å²) in [5, 5.41) is 5.37. The lowest BCUT2D eigenvalue weighted by atomic mass is 9.81. The second-order valence-electron chi connectivity index (χ2n) is 12.1. The molecule has 1 amide bonds. The zero-order valence-electron chi connectivity index (χ0n) is 24.8. The van der Waals surface area contributed by atoms with E-state index in [-0.39, 0.29) is 11.8 Å². The number of aldehydes is 1. The van der Waals surface area contributed by atoms with Crippen molar-refractivity contribution in [2.45, 2.75) is 63.3 Å². The number of rotatable bonds is 8. The van der Waals surface area contributed by atoms with E-state index in [1.54, 1.807) is 7.11 Å². The summed E-state index contributed by atoms with van der Waals surface area (Å²) in [6.07, 6.45) is 11.0. The minimum absolute atomic E-state index is 0.136. The molecule has 222 valence electrons. The average molecular weight is 597 g/mol. The number of methoxy groups -OCH3 is 1. The van der Waals surface area contributed by atoms with E-state index in [1.165, 1.54) is 48.0 Å². The standard InChI is InChI=1S/C34H36N4O4S/c1-37(2)43-36-34(40)22-11-13-27-29(17-22)38-18-24(31-28(19-39)35-42-33(31)21-9-10-21)15-23-16-25(41-3)12-14-26(23)32(38)30(27)20-7-5-4-6-8-20/h11-17,19-21H,4-10,18H2,1-3H3,(H,36,40). The van der Waals surface area contributed by atoms with Gasteiger partial charge in [0.15, 0.2) is 12.0 Å². The first-order chi connectivity index (χ1) is 21.0. The largest absolute Gasteiger partial charge is 0.497 e. The third kappa shape index (κ3) is 5.08. The Labute approximate surface area is 255 Å². The number of carbonyl (C=O) groups excluding carboxylic acids is 2. The lowest BCUT2D eigenvalue weighted by Gasteiger charge is -2.24. The SMILES string of the molecule is COc1ccc2c(c1)C=C(c1c(C=O)noc1C1CC1)Cn1c-2c(C2CCCCC2)c2ccc(C(=O)NSN(C)C)cc21. The van der Waals surface area contributed by atoms with Gasteiger partial charge in [0.1, 0.15) is 11.5 Å². The predicted octanol–water partition coefficient (Wildman–Crippen LogP) is 7.45. The normalized spacial score (nSPS) is 16.9. The molecule has 2 aliphatic carbocycles. The summed E-state index contributed by atoms with van der Waals surface area (Å²) in [6, 6.07) is 12.4. The molecular weight excluding hydrogens is 560 g/mol. The molecule has 0 radical (unpaired) electrons. The lowest BCUT2D eigenvalue weighted by molar-refractivity contribution is 0.0983. The van der Waals surface area contributed by atoms with Crippen molar-refractivity contribution in [3.63, 3.8) is 0 Å². The van der Waals surface area contributed by atoms with Gasteiger partial charge in [-0.3, -0.25) is 14.3 Å². The number of aromatic nitrogens is 2. The van der Waals surface area contributed by atoms with Crippen molar-refractivity contribution < 1.29 is 18.8 Å². The average Bonchev–Trinajstić information content (AvgIpc) is 3.74. The van der Waals surface area contributed by atoms with Crippen LogP contribution in [-0.2, 0) is 6.54 Å². The molecule has 2 saturated carbocycles. The van der Waals surface area contributed by atoms with Gasteiger partial charge in [0.2, 0.25) is 0 Å². The number of nitrogens with one attached hydrogen (secondary N) is 1. The molecule has 0 bridgehead atoms. The number of allylic oxidation sites excluding steroid dienone is 1. The number of amides is 1. The van der Waals surface area contributed by atoms with E-state index < -0.39 is 0 Å². The molecule has 9 heteroatoms. The highest BCUT2D eigenvalue weighted by molar-refractivity contribution is 7.95. The van der Waals surface area contributed by atoms with Crippen LogP contribution in [0.5, 0.6) is 5.75 Å². The highest BCUT2D eigenvalue weighted by atomic mass is 32.2. The Morgan fingerprint density at radius 1 is 1.09 bits per heavy atom. The fourth-order valence-electron chi connectivity index (χ4n) is 6.87. The molecule has 0 spiro atoms. The molecule has 2 fully saturated rings. The summed E-state index contributed by atoms with van der Waals surface area (Å²) in [5.41, 5.74) is 8.44. The van der Waals surface area contributed by atoms with E-state index in [1.807, 2.05) is 36.6 Å². The van der Waals surface area contributed by atoms with Gasteiger partial charge >= 0.3 is 0 Å². The molecule has 7 rings (SSSR count). The Kier molecular flexibility index (Phi) is 7.39. The van der Waals surface area contributed by atoms with Crippen LogP contribution in [0.3, 0.4) is 0 Å². The van der Waals surface area contributed by atoms with Crippen molar-refractivity contribution in [2.24, 2.45) is 0 Å². The van der Waals surface area contributed by atoms with Gasteiger partial charge < -0.3 is 13.8 Å². The van der Waals surface area contributed by atoms with Crippen LogP contribution in [0.1, 0.15) is 100 Å². The molecule has 1 N–H and O–H groups in total. The topological polar surface area (TPSA) is 89.6 Å². The Morgan fingerprint density at radius 3 is 2.63 bits per heavy atom. The Hall–Kier alpha value is -3.82. The smallest absolute Gasteiger partial charge is 0.262 e. The van der Waals surface area contributed by atoms with E-state index in [2.05, 4.69) is 38.7 Å². The number of fused-ring (bicyclic) bond motifs is 5. The third-order valence-electron chi connectivity index (χ3n) is 9.00. The van der Waals surface area contributed by atoms with Crippen LogP contribution in [0, 0.1) is 0 Å². The molecule has 2 aromatic carbocycles. The Balaban J connectivity index is 1.49. The zero-order valence-corrected chi connectivity index (χ0v) is 25.6. The van der Waals surface area contributed by atoms with Crippen molar-refractivity contribution in [3.8, 4) is 17.0 Å². The minimum atomic E-state index is -0.136. The molecule has 0 unspecified atom stereocenters. The summed E-state index contributed by atoms with van der Waals surface area (Å²) in [4.78, 5) is 25.4.